The van der Waals surface area contributed by atoms with Crippen molar-refractivity contribution >= 4 is 28.5 Å². The van der Waals surface area contributed by atoms with Gasteiger partial charge in [0.25, 0.3) is 0 Å². The minimum absolute atomic E-state index is 0.174. The van der Waals surface area contributed by atoms with Crippen molar-refractivity contribution in [1.29, 1.82) is 0 Å². The maximum absolute atomic E-state index is 15.0. The average molecular weight is 517 g/mol. The van der Waals surface area contributed by atoms with Crippen molar-refractivity contribution in [2.24, 2.45) is 10.9 Å². The normalized spacial score (nSPS) is 16.8. The molecule has 3 aromatic rings. The number of carboxylic acids is 1. The van der Waals surface area contributed by atoms with Gasteiger partial charge in [-0.05, 0) is 54.2 Å². The highest BCUT2D eigenvalue weighted by Gasteiger charge is 2.31. The lowest BCUT2D eigenvalue weighted by Gasteiger charge is -2.34. The van der Waals surface area contributed by atoms with E-state index in [0.29, 0.717) is 23.6 Å². The molecule has 0 radical (unpaired) electrons. The van der Waals surface area contributed by atoms with Gasteiger partial charge in [-0.15, -0.1) is 13.2 Å². The van der Waals surface area contributed by atoms with Crippen LogP contribution in [0.1, 0.15) is 24.8 Å². The lowest BCUT2D eigenvalue weighted by atomic mass is 9.94. The minimum atomic E-state index is -4.81. The Balaban J connectivity index is 1.25. The Morgan fingerprint density at radius 1 is 1.16 bits per heavy atom. The first kappa shape index (κ1) is 24.6. The van der Waals surface area contributed by atoms with Crippen LogP contribution in [0.4, 0.5) is 17.6 Å². The number of hydrogen-bond donors (Lipinski definition) is 3. The molecule has 3 heterocycles. The Labute approximate surface area is 208 Å². The van der Waals surface area contributed by atoms with E-state index in [1.165, 1.54) is 12.1 Å². The summed E-state index contributed by atoms with van der Waals surface area (Å²) in [5, 5.41) is 12.1. The zero-order valence-corrected chi connectivity index (χ0v) is 19.5. The number of carbonyl (C=O) groups is 1. The summed E-state index contributed by atoms with van der Waals surface area (Å²) in [6.07, 6.45) is -1.28. The Kier molecular flexibility index (Phi) is 6.48. The number of alkyl halides is 3. The molecule has 8 nitrogen and oxygen atoms in total. The highest BCUT2D eigenvalue weighted by atomic mass is 19.4. The van der Waals surface area contributed by atoms with Gasteiger partial charge in [-0.2, -0.15) is 0 Å². The Morgan fingerprint density at radius 3 is 2.59 bits per heavy atom. The SMILES string of the molecule is O=C(O)CC1CCN(C2=NCC(c3ccc(-c4nc5ccc(OC(F)(F)F)cc5[nH]4)c(F)c3)=CN2)CC1. The first-order valence-corrected chi connectivity index (χ1v) is 11.7. The van der Waals surface area contributed by atoms with E-state index in [-0.39, 0.29) is 29.2 Å². The van der Waals surface area contributed by atoms with Gasteiger partial charge < -0.3 is 25.0 Å². The molecule has 0 amide bonds. The number of aromatic nitrogens is 2. The number of likely N-dealkylation sites (tertiary alicyclic amines) is 1. The van der Waals surface area contributed by atoms with Crippen LogP contribution in [0.5, 0.6) is 5.75 Å². The largest absolute Gasteiger partial charge is 0.573 e. The smallest absolute Gasteiger partial charge is 0.481 e. The number of aliphatic carboxylic acids is 1. The molecule has 0 bridgehead atoms. The summed E-state index contributed by atoms with van der Waals surface area (Å²) in [4.78, 5) is 24.7. The molecule has 37 heavy (non-hydrogen) atoms. The molecule has 1 fully saturated rings. The number of carboxylic acid groups (broad SMARTS) is 1. The van der Waals surface area contributed by atoms with E-state index < -0.39 is 23.9 Å². The Hall–Kier alpha value is -4.09. The standard InChI is InChI=1S/C25H23F4N5O3/c26-19-10-15(16-12-30-24(31-13-16)34-7-5-14(6-8-34)9-22(35)36)1-3-18(19)23-32-20-4-2-17(11-21(20)33-23)37-25(27,28)29/h1-4,10-12,14H,5-9,13H2,(H,30,31)(H,32,33)(H,35,36). The van der Waals surface area contributed by atoms with Gasteiger partial charge in [0, 0.05) is 31.8 Å². The molecule has 2 aliphatic rings. The van der Waals surface area contributed by atoms with Crippen molar-refractivity contribution in [2.45, 2.75) is 25.6 Å². The third-order valence-electron chi connectivity index (χ3n) is 6.43. The number of guanidine groups is 1. The molecule has 0 unspecified atom stereocenters. The molecule has 0 aliphatic carbocycles. The van der Waals surface area contributed by atoms with Crippen LogP contribution in [0.2, 0.25) is 0 Å². The molecule has 0 saturated carbocycles. The molecule has 194 valence electrons. The highest BCUT2D eigenvalue weighted by Crippen LogP contribution is 2.30. The van der Waals surface area contributed by atoms with Gasteiger partial charge in [0.1, 0.15) is 17.4 Å². The molecule has 2 aliphatic heterocycles. The lowest BCUT2D eigenvalue weighted by Crippen LogP contribution is -2.45. The summed E-state index contributed by atoms with van der Waals surface area (Å²) in [5.74, 6) is -0.641. The fourth-order valence-electron chi connectivity index (χ4n) is 4.59. The van der Waals surface area contributed by atoms with Crippen LogP contribution in [0.25, 0.3) is 28.0 Å². The summed E-state index contributed by atoms with van der Waals surface area (Å²) in [7, 11) is 0. The first-order valence-electron chi connectivity index (χ1n) is 11.7. The van der Waals surface area contributed by atoms with Crippen molar-refractivity contribution in [3.63, 3.8) is 0 Å². The quantitative estimate of drug-likeness (QED) is 0.422. The van der Waals surface area contributed by atoms with E-state index in [4.69, 9.17) is 5.11 Å². The number of aliphatic imine (C=N–C) groups is 1. The second-order valence-electron chi connectivity index (χ2n) is 8.99. The number of imidazole rings is 1. The van der Waals surface area contributed by atoms with Gasteiger partial charge in [-0.3, -0.25) is 4.79 Å². The number of H-pyrrole nitrogens is 1. The van der Waals surface area contributed by atoms with Crippen LogP contribution >= 0.6 is 0 Å². The third kappa shape index (κ3) is 5.68. The number of hydrogen-bond acceptors (Lipinski definition) is 6. The van der Waals surface area contributed by atoms with E-state index in [9.17, 15) is 18.0 Å². The number of nitrogens with one attached hydrogen (secondary N) is 2. The van der Waals surface area contributed by atoms with Crippen molar-refractivity contribution in [3.05, 3.63) is 54.0 Å². The van der Waals surface area contributed by atoms with E-state index in [1.807, 2.05) is 0 Å². The fourth-order valence-corrected chi connectivity index (χ4v) is 4.59. The zero-order chi connectivity index (χ0) is 26.2. The molecular formula is C25H23F4N5O3. The topological polar surface area (TPSA) is 103 Å². The molecule has 1 saturated heterocycles. The molecule has 1 aromatic heterocycles. The molecule has 5 rings (SSSR count). The number of ether oxygens (including phenoxy) is 1. The fraction of sp³-hybridized carbons (Fsp3) is 0.320. The van der Waals surface area contributed by atoms with E-state index in [0.717, 1.165) is 43.6 Å². The van der Waals surface area contributed by atoms with Crippen molar-refractivity contribution < 1.29 is 32.2 Å². The van der Waals surface area contributed by atoms with E-state index in [2.05, 4.69) is 29.9 Å². The van der Waals surface area contributed by atoms with Gasteiger partial charge in [0.2, 0.25) is 0 Å². The Bertz CT molecular complexity index is 1390. The van der Waals surface area contributed by atoms with Gasteiger partial charge in [-0.25, -0.2) is 14.4 Å². The maximum Gasteiger partial charge on any atom is 0.573 e. The van der Waals surface area contributed by atoms with Crippen molar-refractivity contribution in [3.8, 4) is 17.1 Å². The predicted molar refractivity (Wildman–Crippen MR) is 128 cm³/mol. The monoisotopic (exact) mass is 517 g/mol. The number of fused-ring (bicyclic) bond motifs is 1. The molecule has 0 atom stereocenters. The van der Waals surface area contributed by atoms with Gasteiger partial charge in [-0.1, -0.05) is 6.07 Å². The van der Waals surface area contributed by atoms with E-state index >= 15 is 4.39 Å². The lowest BCUT2D eigenvalue weighted by molar-refractivity contribution is -0.274. The van der Waals surface area contributed by atoms with Crippen molar-refractivity contribution in [1.82, 2.24) is 20.2 Å². The average Bonchev–Trinajstić information content (AvgIpc) is 3.26. The van der Waals surface area contributed by atoms with E-state index in [1.54, 1.807) is 18.3 Å². The number of piperidine rings is 1. The number of benzene rings is 2. The van der Waals surface area contributed by atoms with Crippen LogP contribution in [-0.4, -0.2) is 57.9 Å². The first-order chi connectivity index (χ1) is 17.6. The van der Waals surface area contributed by atoms with Crippen LogP contribution in [0, 0.1) is 11.7 Å². The minimum Gasteiger partial charge on any atom is -0.481 e. The number of rotatable bonds is 5. The van der Waals surface area contributed by atoms with Crippen LogP contribution in [0.15, 0.2) is 47.6 Å². The molecule has 0 spiro atoms. The summed E-state index contributed by atoms with van der Waals surface area (Å²) in [6, 6.07) is 8.33. The van der Waals surface area contributed by atoms with Gasteiger partial charge in [0.05, 0.1) is 23.1 Å². The Morgan fingerprint density at radius 2 is 1.95 bits per heavy atom. The predicted octanol–water partition coefficient (Wildman–Crippen LogP) is 4.75. The second kappa shape index (κ2) is 9.75. The highest BCUT2D eigenvalue weighted by molar-refractivity contribution is 5.87. The van der Waals surface area contributed by atoms with Crippen molar-refractivity contribution in [2.75, 3.05) is 19.6 Å². The summed E-state index contributed by atoms with van der Waals surface area (Å²) in [6.45, 7) is 1.79. The van der Waals surface area contributed by atoms with Crippen LogP contribution < -0.4 is 10.1 Å². The molecule has 3 N–H and O–H groups in total. The second-order valence-corrected chi connectivity index (χ2v) is 8.99. The van der Waals surface area contributed by atoms with Gasteiger partial charge >= 0.3 is 12.3 Å². The molecule has 12 heteroatoms. The number of nitrogens with zero attached hydrogens (tertiary/aromatic N) is 3. The summed E-state index contributed by atoms with van der Waals surface area (Å²) in [5.41, 5.74) is 2.26. The number of aromatic amines is 1. The zero-order valence-electron chi connectivity index (χ0n) is 19.5. The van der Waals surface area contributed by atoms with Crippen LogP contribution in [0.3, 0.4) is 0 Å². The molecule has 2 aromatic carbocycles. The summed E-state index contributed by atoms with van der Waals surface area (Å²) >= 11 is 0. The van der Waals surface area contributed by atoms with Crippen LogP contribution in [-0.2, 0) is 4.79 Å². The number of halogens is 4. The maximum atomic E-state index is 15.0. The third-order valence-corrected chi connectivity index (χ3v) is 6.43. The van der Waals surface area contributed by atoms with Gasteiger partial charge in [0.15, 0.2) is 5.96 Å². The molecular weight excluding hydrogens is 494 g/mol. The summed E-state index contributed by atoms with van der Waals surface area (Å²) < 4.78 is 56.4.